The molecule has 2 fully saturated rings. The van der Waals surface area contributed by atoms with Crippen LogP contribution in [0.25, 0.3) is 0 Å². The summed E-state index contributed by atoms with van der Waals surface area (Å²) in [5.74, 6) is -0.714. The van der Waals surface area contributed by atoms with E-state index in [0.717, 1.165) is 25.5 Å². The summed E-state index contributed by atoms with van der Waals surface area (Å²) >= 11 is 0. The summed E-state index contributed by atoms with van der Waals surface area (Å²) < 4.78 is 32.5. The van der Waals surface area contributed by atoms with E-state index in [-0.39, 0.29) is 23.1 Å². The molecule has 92 valence electrons. The molecule has 0 radical (unpaired) electrons. The molecule has 0 aliphatic carbocycles. The smallest absolute Gasteiger partial charge is 0.127 e. The average Bonchev–Trinajstić information content (AvgIpc) is 2.75. The second kappa shape index (κ2) is 4.03. The van der Waals surface area contributed by atoms with Gasteiger partial charge in [-0.2, -0.15) is 0 Å². The number of rotatable bonds is 2. The molecule has 17 heavy (non-hydrogen) atoms. The summed E-state index contributed by atoms with van der Waals surface area (Å²) in [5.41, 5.74) is 0.0889. The Hall–Kier alpha value is -1.00. The number of benzene rings is 1. The van der Waals surface area contributed by atoms with Crippen LogP contribution in [0.5, 0.6) is 0 Å². The number of ether oxygens (including phenoxy) is 1. The highest BCUT2D eigenvalue weighted by Crippen LogP contribution is 2.40. The molecule has 2 nitrogen and oxygen atoms in total. The molecule has 0 spiro atoms. The standard InChI is InChI=1S/C13H15F2NO/c14-9-3-4-11(15)10(6-9)13(7-17-8-13)12-2-1-5-16-12/h3-4,6,12,16H,1-2,5,7-8H2. The van der Waals surface area contributed by atoms with E-state index in [1.807, 2.05) is 0 Å². The van der Waals surface area contributed by atoms with Gasteiger partial charge in [-0.1, -0.05) is 0 Å². The summed E-state index contributed by atoms with van der Waals surface area (Å²) in [7, 11) is 0. The Morgan fingerprint density at radius 3 is 2.71 bits per heavy atom. The van der Waals surface area contributed by atoms with E-state index in [4.69, 9.17) is 4.74 Å². The van der Waals surface area contributed by atoms with Crippen LogP contribution in [0.15, 0.2) is 18.2 Å². The van der Waals surface area contributed by atoms with Crippen LogP contribution >= 0.6 is 0 Å². The molecule has 0 amide bonds. The van der Waals surface area contributed by atoms with Crippen LogP contribution in [0, 0.1) is 11.6 Å². The summed E-state index contributed by atoms with van der Waals surface area (Å²) in [6.45, 7) is 1.90. The molecule has 1 N–H and O–H groups in total. The second-order valence-corrected chi connectivity index (χ2v) is 4.92. The molecule has 0 aromatic heterocycles. The fourth-order valence-electron chi connectivity index (χ4n) is 2.90. The quantitative estimate of drug-likeness (QED) is 0.852. The Morgan fingerprint density at radius 2 is 2.12 bits per heavy atom. The van der Waals surface area contributed by atoms with Gasteiger partial charge in [-0.05, 0) is 37.6 Å². The van der Waals surface area contributed by atoms with Crippen molar-refractivity contribution < 1.29 is 13.5 Å². The number of hydrogen-bond donors (Lipinski definition) is 1. The van der Waals surface area contributed by atoms with E-state index >= 15 is 0 Å². The third-order valence-corrected chi connectivity index (χ3v) is 3.91. The summed E-state index contributed by atoms with van der Waals surface area (Å²) in [4.78, 5) is 0. The van der Waals surface area contributed by atoms with E-state index in [9.17, 15) is 8.78 Å². The van der Waals surface area contributed by atoms with Gasteiger partial charge in [-0.3, -0.25) is 0 Å². The Morgan fingerprint density at radius 1 is 1.29 bits per heavy atom. The lowest BCUT2D eigenvalue weighted by molar-refractivity contribution is -0.0777. The maximum atomic E-state index is 13.9. The lowest BCUT2D eigenvalue weighted by Gasteiger charge is -2.46. The van der Waals surface area contributed by atoms with Crippen molar-refractivity contribution in [3.05, 3.63) is 35.4 Å². The maximum Gasteiger partial charge on any atom is 0.127 e. The van der Waals surface area contributed by atoms with E-state index in [1.165, 1.54) is 12.1 Å². The van der Waals surface area contributed by atoms with Crippen molar-refractivity contribution in [2.75, 3.05) is 19.8 Å². The van der Waals surface area contributed by atoms with E-state index in [1.54, 1.807) is 0 Å². The van der Waals surface area contributed by atoms with Crippen molar-refractivity contribution in [3.8, 4) is 0 Å². The summed E-state index contributed by atoms with van der Waals surface area (Å²) in [6, 6.07) is 3.89. The molecule has 0 saturated carbocycles. The molecule has 2 heterocycles. The molecule has 2 aliphatic heterocycles. The zero-order chi connectivity index (χ0) is 11.9. The third kappa shape index (κ3) is 1.67. The SMILES string of the molecule is Fc1ccc(F)c(C2(C3CCCN3)COC2)c1. The van der Waals surface area contributed by atoms with Gasteiger partial charge in [-0.15, -0.1) is 0 Å². The molecule has 4 heteroatoms. The lowest BCUT2D eigenvalue weighted by atomic mass is 9.71. The summed E-state index contributed by atoms with van der Waals surface area (Å²) in [6.07, 6.45) is 2.09. The van der Waals surface area contributed by atoms with Crippen LogP contribution in [0.4, 0.5) is 8.78 Å². The van der Waals surface area contributed by atoms with Gasteiger partial charge in [0.1, 0.15) is 11.6 Å². The molecule has 2 saturated heterocycles. The van der Waals surface area contributed by atoms with Gasteiger partial charge in [0, 0.05) is 11.6 Å². The van der Waals surface area contributed by atoms with Crippen molar-refractivity contribution in [2.45, 2.75) is 24.3 Å². The Labute approximate surface area is 99.0 Å². The number of nitrogens with one attached hydrogen (secondary N) is 1. The minimum absolute atomic E-state index is 0.201. The molecular formula is C13H15F2NO. The molecule has 1 unspecified atom stereocenters. The highest BCUT2D eigenvalue weighted by Gasteiger charge is 2.49. The van der Waals surface area contributed by atoms with Gasteiger partial charge in [-0.25, -0.2) is 8.78 Å². The van der Waals surface area contributed by atoms with Gasteiger partial charge in [0.05, 0.1) is 18.6 Å². The van der Waals surface area contributed by atoms with Gasteiger partial charge < -0.3 is 10.1 Å². The first kappa shape index (κ1) is 11.1. The Kier molecular flexibility index (Phi) is 2.64. The zero-order valence-electron chi connectivity index (χ0n) is 9.51. The van der Waals surface area contributed by atoms with Gasteiger partial charge in [0.2, 0.25) is 0 Å². The van der Waals surface area contributed by atoms with E-state index in [2.05, 4.69) is 5.32 Å². The van der Waals surface area contributed by atoms with Gasteiger partial charge >= 0.3 is 0 Å². The van der Waals surface area contributed by atoms with Crippen LogP contribution in [0.3, 0.4) is 0 Å². The van der Waals surface area contributed by atoms with Crippen molar-refractivity contribution in [1.29, 1.82) is 0 Å². The minimum atomic E-state index is -0.384. The van der Waals surface area contributed by atoms with Crippen molar-refractivity contribution in [1.82, 2.24) is 5.32 Å². The van der Waals surface area contributed by atoms with Crippen LogP contribution in [-0.2, 0) is 10.2 Å². The molecule has 0 bridgehead atoms. The molecule has 1 atom stereocenters. The zero-order valence-corrected chi connectivity index (χ0v) is 9.51. The highest BCUT2D eigenvalue weighted by molar-refractivity contribution is 5.33. The van der Waals surface area contributed by atoms with Crippen LogP contribution in [-0.4, -0.2) is 25.8 Å². The van der Waals surface area contributed by atoms with Crippen molar-refractivity contribution in [3.63, 3.8) is 0 Å². The highest BCUT2D eigenvalue weighted by atomic mass is 19.1. The monoisotopic (exact) mass is 239 g/mol. The Balaban J connectivity index is 2.01. The predicted octanol–water partition coefficient (Wildman–Crippen LogP) is 1.98. The largest absolute Gasteiger partial charge is 0.379 e. The first-order valence-electron chi connectivity index (χ1n) is 5.99. The van der Waals surface area contributed by atoms with Gasteiger partial charge in [0.25, 0.3) is 0 Å². The first-order valence-corrected chi connectivity index (χ1v) is 5.99. The predicted molar refractivity (Wildman–Crippen MR) is 59.9 cm³/mol. The Bertz CT molecular complexity index is 425. The molecule has 1 aromatic rings. The average molecular weight is 239 g/mol. The molecule has 3 rings (SSSR count). The van der Waals surface area contributed by atoms with Crippen LogP contribution in [0.1, 0.15) is 18.4 Å². The molecule has 2 aliphatic rings. The maximum absolute atomic E-state index is 13.9. The topological polar surface area (TPSA) is 21.3 Å². The van der Waals surface area contributed by atoms with Gasteiger partial charge in [0.15, 0.2) is 0 Å². The third-order valence-electron chi connectivity index (χ3n) is 3.91. The number of halogens is 2. The normalized spacial score (nSPS) is 26.8. The van der Waals surface area contributed by atoms with E-state index in [0.29, 0.717) is 18.8 Å². The molecular weight excluding hydrogens is 224 g/mol. The van der Waals surface area contributed by atoms with Crippen molar-refractivity contribution in [2.24, 2.45) is 0 Å². The second-order valence-electron chi connectivity index (χ2n) is 4.92. The first-order chi connectivity index (χ1) is 8.22. The molecule has 1 aromatic carbocycles. The van der Waals surface area contributed by atoms with Crippen LogP contribution in [0.2, 0.25) is 0 Å². The number of hydrogen-bond acceptors (Lipinski definition) is 2. The minimum Gasteiger partial charge on any atom is -0.379 e. The fraction of sp³-hybridized carbons (Fsp3) is 0.538. The van der Waals surface area contributed by atoms with Crippen molar-refractivity contribution >= 4 is 0 Å². The lowest BCUT2D eigenvalue weighted by Crippen LogP contribution is -2.58. The van der Waals surface area contributed by atoms with E-state index < -0.39 is 0 Å². The summed E-state index contributed by atoms with van der Waals surface area (Å²) in [5, 5.41) is 3.38. The van der Waals surface area contributed by atoms with Crippen LogP contribution < -0.4 is 5.32 Å². The fourth-order valence-corrected chi connectivity index (χ4v) is 2.90.